The Kier molecular flexibility index (Phi) is 3.67. The van der Waals surface area contributed by atoms with Gasteiger partial charge in [-0.05, 0) is 82.6 Å². The fourth-order valence-corrected chi connectivity index (χ4v) is 3.73. The summed E-state index contributed by atoms with van der Waals surface area (Å²) in [6, 6.07) is 8.79. The van der Waals surface area contributed by atoms with Gasteiger partial charge in [-0.1, -0.05) is 24.3 Å². The Labute approximate surface area is 132 Å². The molecule has 3 aromatic rings. The third kappa shape index (κ3) is 1.95. The second-order valence-electron chi connectivity index (χ2n) is 6.20. The minimum absolute atomic E-state index is 0.575. The van der Waals surface area contributed by atoms with Crippen molar-refractivity contribution in [2.75, 3.05) is 0 Å². The van der Waals surface area contributed by atoms with E-state index in [-0.39, 0.29) is 0 Å². The average molecular weight is 292 g/mol. The predicted molar refractivity (Wildman–Crippen MR) is 96.2 cm³/mol. The van der Waals surface area contributed by atoms with Crippen LogP contribution >= 0.6 is 0 Å². The molecule has 0 fully saturated rings. The molecule has 0 bridgehead atoms. The number of benzene rings is 3. The van der Waals surface area contributed by atoms with Crippen LogP contribution in [0, 0.1) is 27.7 Å². The highest BCUT2D eigenvalue weighted by atomic mass is 14.5. The van der Waals surface area contributed by atoms with Crippen molar-refractivity contribution in [1.29, 1.82) is 0 Å². The Bertz CT molecular complexity index is 892. The van der Waals surface area contributed by atoms with E-state index in [9.17, 15) is 0 Å². The molecule has 0 unspecified atom stereocenters. The molecule has 2 heteroatoms. The van der Waals surface area contributed by atoms with Crippen LogP contribution in [0.3, 0.4) is 0 Å². The minimum atomic E-state index is 0.575. The van der Waals surface area contributed by atoms with E-state index in [1.54, 1.807) is 0 Å². The fourth-order valence-electron chi connectivity index (χ4n) is 3.73. The zero-order valence-electron chi connectivity index (χ0n) is 13.9. The highest BCUT2D eigenvalue weighted by Gasteiger charge is 2.15. The lowest BCUT2D eigenvalue weighted by Crippen LogP contribution is -2.06. The first-order valence-electron chi connectivity index (χ1n) is 7.84. The molecule has 3 aromatic carbocycles. The molecule has 0 radical (unpaired) electrons. The van der Waals surface area contributed by atoms with Gasteiger partial charge in [0.2, 0.25) is 0 Å². The number of hydrogen-bond donors (Lipinski definition) is 2. The van der Waals surface area contributed by atoms with Crippen LogP contribution in [-0.4, -0.2) is 0 Å². The summed E-state index contributed by atoms with van der Waals surface area (Å²) in [6.07, 6.45) is 0. The zero-order chi connectivity index (χ0) is 16.0. The second kappa shape index (κ2) is 5.38. The zero-order valence-corrected chi connectivity index (χ0v) is 13.9. The van der Waals surface area contributed by atoms with E-state index in [2.05, 4.69) is 52.0 Å². The molecule has 0 aromatic heterocycles. The smallest absolute Gasteiger partial charge is 0.0183 e. The molecule has 0 aliphatic rings. The molecule has 0 saturated carbocycles. The summed E-state index contributed by atoms with van der Waals surface area (Å²) in [5.41, 5.74) is 19.7. The van der Waals surface area contributed by atoms with Crippen molar-refractivity contribution in [3.8, 4) is 0 Å². The third-order valence-corrected chi connectivity index (χ3v) is 5.23. The number of hydrogen-bond acceptors (Lipinski definition) is 2. The lowest BCUT2D eigenvalue weighted by molar-refractivity contribution is 1.03. The molecule has 2 nitrogen and oxygen atoms in total. The van der Waals surface area contributed by atoms with Crippen molar-refractivity contribution < 1.29 is 0 Å². The average Bonchev–Trinajstić information content (AvgIpc) is 2.53. The lowest BCUT2D eigenvalue weighted by atomic mass is 9.86. The number of aryl methyl sites for hydroxylation is 3. The Morgan fingerprint density at radius 1 is 0.682 bits per heavy atom. The maximum Gasteiger partial charge on any atom is 0.0183 e. The molecule has 0 aliphatic carbocycles. The Hall–Kier alpha value is -1.90. The SMILES string of the molecule is Cc1c(CN)c(C)c2c(ccc3ccc(CN)c(C)c32)c1C. The van der Waals surface area contributed by atoms with E-state index in [4.69, 9.17) is 11.5 Å². The van der Waals surface area contributed by atoms with Crippen molar-refractivity contribution in [1.82, 2.24) is 0 Å². The minimum Gasteiger partial charge on any atom is -0.326 e. The molecule has 0 aliphatic heterocycles. The van der Waals surface area contributed by atoms with Crippen molar-refractivity contribution in [2.24, 2.45) is 11.5 Å². The second-order valence-corrected chi connectivity index (χ2v) is 6.20. The molecule has 0 saturated heterocycles. The quantitative estimate of drug-likeness (QED) is 0.697. The lowest BCUT2D eigenvalue weighted by Gasteiger charge is -2.19. The van der Waals surface area contributed by atoms with E-state index < -0.39 is 0 Å². The Balaban J connectivity index is 2.63. The summed E-state index contributed by atoms with van der Waals surface area (Å²) < 4.78 is 0. The van der Waals surface area contributed by atoms with Crippen LogP contribution in [0.1, 0.15) is 33.4 Å². The van der Waals surface area contributed by atoms with Crippen molar-refractivity contribution >= 4 is 21.5 Å². The van der Waals surface area contributed by atoms with Gasteiger partial charge >= 0.3 is 0 Å². The van der Waals surface area contributed by atoms with Gasteiger partial charge in [-0.2, -0.15) is 0 Å². The number of nitrogens with two attached hydrogens (primary N) is 2. The van der Waals surface area contributed by atoms with Gasteiger partial charge < -0.3 is 11.5 Å². The number of fused-ring (bicyclic) bond motifs is 3. The maximum atomic E-state index is 6.03. The molecule has 0 amide bonds. The van der Waals surface area contributed by atoms with Crippen LogP contribution < -0.4 is 11.5 Å². The van der Waals surface area contributed by atoms with Crippen LogP contribution in [0.5, 0.6) is 0 Å². The molecule has 3 rings (SSSR count). The maximum absolute atomic E-state index is 6.03. The fraction of sp³-hybridized carbons (Fsp3) is 0.300. The van der Waals surface area contributed by atoms with Gasteiger partial charge in [0.1, 0.15) is 0 Å². The van der Waals surface area contributed by atoms with Gasteiger partial charge in [-0.3, -0.25) is 0 Å². The molecule has 0 spiro atoms. The summed E-state index contributed by atoms with van der Waals surface area (Å²) in [4.78, 5) is 0. The van der Waals surface area contributed by atoms with E-state index in [1.165, 1.54) is 54.9 Å². The molecular weight excluding hydrogens is 268 g/mol. The van der Waals surface area contributed by atoms with Crippen LogP contribution in [0.2, 0.25) is 0 Å². The van der Waals surface area contributed by atoms with Gasteiger partial charge in [-0.25, -0.2) is 0 Å². The Morgan fingerprint density at radius 2 is 1.36 bits per heavy atom. The van der Waals surface area contributed by atoms with Crippen molar-refractivity contribution in [3.05, 3.63) is 57.6 Å². The molecule has 0 heterocycles. The van der Waals surface area contributed by atoms with Crippen LogP contribution in [0.4, 0.5) is 0 Å². The van der Waals surface area contributed by atoms with Crippen molar-refractivity contribution in [2.45, 2.75) is 40.8 Å². The molecular formula is C20H24N2. The third-order valence-electron chi connectivity index (χ3n) is 5.23. The Morgan fingerprint density at radius 3 is 2.00 bits per heavy atom. The highest BCUT2D eigenvalue weighted by molar-refractivity contribution is 6.12. The summed E-state index contributed by atoms with van der Waals surface area (Å²) in [7, 11) is 0. The topological polar surface area (TPSA) is 52.0 Å². The van der Waals surface area contributed by atoms with Crippen LogP contribution in [-0.2, 0) is 13.1 Å². The standard InChI is InChI=1S/C20H24N2/c1-11-12(2)18(10-22)14(4)20-17(11)8-7-15-5-6-16(9-21)13(3)19(15)20/h5-8H,9-10,21-22H2,1-4H3. The monoisotopic (exact) mass is 292 g/mol. The van der Waals surface area contributed by atoms with Crippen LogP contribution in [0.15, 0.2) is 24.3 Å². The molecule has 114 valence electrons. The molecule has 22 heavy (non-hydrogen) atoms. The largest absolute Gasteiger partial charge is 0.326 e. The molecule has 0 atom stereocenters. The van der Waals surface area contributed by atoms with E-state index in [1.807, 2.05) is 0 Å². The normalized spacial score (nSPS) is 11.5. The van der Waals surface area contributed by atoms with E-state index >= 15 is 0 Å². The summed E-state index contributed by atoms with van der Waals surface area (Å²) in [6.45, 7) is 9.92. The summed E-state index contributed by atoms with van der Waals surface area (Å²) in [5, 5.41) is 5.28. The first-order chi connectivity index (χ1) is 10.5. The predicted octanol–water partition coefficient (Wildman–Crippen LogP) is 4.14. The summed E-state index contributed by atoms with van der Waals surface area (Å²) >= 11 is 0. The van der Waals surface area contributed by atoms with Gasteiger partial charge in [0.25, 0.3) is 0 Å². The first kappa shape index (κ1) is 15.0. The van der Waals surface area contributed by atoms with E-state index in [0.29, 0.717) is 13.1 Å². The van der Waals surface area contributed by atoms with Gasteiger partial charge in [0, 0.05) is 13.1 Å². The van der Waals surface area contributed by atoms with Crippen molar-refractivity contribution in [3.63, 3.8) is 0 Å². The van der Waals surface area contributed by atoms with E-state index in [0.717, 1.165) is 0 Å². The van der Waals surface area contributed by atoms with Gasteiger partial charge in [0.05, 0.1) is 0 Å². The van der Waals surface area contributed by atoms with Gasteiger partial charge in [0.15, 0.2) is 0 Å². The highest BCUT2D eigenvalue weighted by Crippen LogP contribution is 2.36. The molecule has 4 N–H and O–H groups in total. The summed E-state index contributed by atoms with van der Waals surface area (Å²) in [5.74, 6) is 0. The van der Waals surface area contributed by atoms with Gasteiger partial charge in [-0.15, -0.1) is 0 Å². The number of rotatable bonds is 2. The first-order valence-corrected chi connectivity index (χ1v) is 7.84. The van der Waals surface area contributed by atoms with Crippen LogP contribution in [0.25, 0.3) is 21.5 Å².